The fourth-order valence-electron chi connectivity index (χ4n) is 2.87. The third-order valence-electron chi connectivity index (χ3n) is 4.55. The highest BCUT2D eigenvalue weighted by molar-refractivity contribution is 5.58. The Kier molecular flexibility index (Phi) is 5.89. The van der Waals surface area contributed by atoms with Crippen LogP contribution in [0.5, 0.6) is 0 Å². The molecule has 0 radical (unpaired) electrons. The van der Waals surface area contributed by atoms with E-state index < -0.39 is 12.2 Å². The number of rotatable bonds is 7. The summed E-state index contributed by atoms with van der Waals surface area (Å²) in [5, 5.41) is 23.3. The zero-order valence-electron chi connectivity index (χ0n) is 15.1. The lowest BCUT2D eigenvalue weighted by Crippen LogP contribution is -2.31. The molecule has 3 N–H and O–H groups in total. The Morgan fingerprint density at radius 2 is 1.54 bits per heavy atom. The predicted octanol–water partition coefficient (Wildman–Crippen LogP) is 4.21. The zero-order valence-corrected chi connectivity index (χ0v) is 15.1. The molecule has 3 aromatic rings. The standard InChI is InChI=1S/C22H25NO3/c1-15(22(25)19-6-4-3-5-7-19)23-14-20-12-13-21(26-20)18-10-8-17(9-11-18)16(2)24/h3-13,15-16,22-25H,14H2,1-2H3/t15-,16+,22-/m1/s1. The lowest BCUT2D eigenvalue weighted by Gasteiger charge is -2.20. The van der Waals surface area contributed by atoms with E-state index in [2.05, 4.69) is 5.32 Å². The highest BCUT2D eigenvalue weighted by Gasteiger charge is 2.16. The van der Waals surface area contributed by atoms with Crippen LogP contribution >= 0.6 is 0 Å². The molecule has 0 bridgehead atoms. The second kappa shape index (κ2) is 8.32. The molecule has 0 aliphatic rings. The monoisotopic (exact) mass is 351 g/mol. The molecule has 0 spiro atoms. The molecule has 4 nitrogen and oxygen atoms in total. The van der Waals surface area contributed by atoms with Gasteiger partial charge < -0.3 is 19.9 Å². The van der Waals surface area contributed by atoms with Crippen LogP contribution in [0, 0.1) is 0 Å². The van der Waals surface area contributed by atoms with E-state index in [1.807, 2.05) is 73.7 Å². The molecule has 0 aliphatic heterocycles. The predicted molar refractivity (Wildman–Crippen MR) is 102 cm³/mol. The summed E-state index contributed by atoms with van der Waals surface area (Å²) < 4.78 is 5.90. The Labute approximate surface area is 154 Å². The smallest absolute Gasteiger partial charge is 0.134 e. The van der Waals surface area contributed by atoms with Crippen molar-refractivity contribution in [3.63, 3.8) is 0 Å². The van der Waals surface area contributed by atoms with E-state index in [0.717, 1.165) is 28.2 Å². The molecule has 0 saturated carbocycles. The summed E-state index contributed by atoms with van der Waals surface area (Å²) in [5.41, 5.74) is 2.75. The van der Waals surface area contributed by atoms with Crippen molar-refractivity contribution in [1.29, 1.82) is 0 Å². The molecule has 1 aromatic heterocycles. The average Bonchev–Trinajstić information content (AvgIpc) is 3.15. The SMILES string of the molecule is C[C@H](O)c1ccc(-c2ccc(CN[C@H](C)[C@@H](O)c3ccccc3)o2)cc1. The van der Waals surface area contributed by atoms with Crippen molar-refractivity contribution in [2.75, 3.05) is 0 Å². The fraction of sp³-hybridized carbons (Fsp3) is 0.273. The molecule has 2 aromatic carbocycles. The molecule has 0 saturated heterocycles. The molecule has 0 unspecified atom stereocenters. The molecule has 1 heterocycles. The summed E-state index contributed by atoms with van der Waals surface area (Å²) in [6.45, 7) is 4.24. The van der Waals surface area contributed by atoms with Gasteiger partial charge in [0.1, 0.15) is 11.5 Å². The van der Waals surface area contributed by atoms with E-state index in [1.165, 1.54) is 0 Å². The minimum absolute atomic E-state index is 0.101. The first-order chi connectivity index (χ1) is 12.5. The van der Waals surface area contributed by atoms with E-state index in [4.69, 9.17) is 4.42 Å². The van der Waals surface area contributed by atoms with Crippen molar-refractivity contribution in [2.24, 2.45) is 0 Å². The van der Waals surface area contributed by atoms with Crippen molar-refractivity contribution < 1.29 is 14.6 Å². The largest absolute Gasteiger partial charge is 0.460 e. The van der Waals surface area contributed by atoms with E-state index in [9.17, 15) is 10.2 Å². The van der Waals surface area contributed by atoms with Gasteiger partial charge in [-0.05, 0) is 37.1 Å². The molecule has 4 heteroatoms. The minimum Gasteiger partial charge on any atom is -0.460 e. The minimum atomic E-state index is -0.571. The van der Waals surface area contributed by atoms with Crippen LogP contribution in [0.4, 0.5) is 0 Å². The van der Waals surface area contributed by atoms with Crippen LogP contribution in [0.15, 0.2) is 71.1 Å². The number of benzene rings is 2. The van der Waals surface area contributed by atoms with Crippen molar-refractivity contribution in [1.82, 2.24) is 5.32 Å². The zero-order chi connectivity index (χ0) is 18.5. The van der Waals surface area contributed by atoms with Gasteiger partial charge in [0.15, 0.2) is 0 Å². The first-order valence-electron chi connectivity index (χ1n) is 8.88. The van der Waals surface area contributed by atoms with E-state index in [-0.39, 0.29) is 6.04 Å². The normalized spacial score (nSPS) is 14.8. The van der Waals surface area contributed by atoms with Crippen molar-refractivity contribution in [3.8, 4) is 11.3 Å². The van der Waals surface area contributed by atoms with E-state index >= 15 is 0 Å². The molecule has 26 heavy (non-hydrogen) atoms. The van der Waals surface area contributed by atoms with Gasteiger partial charge in [-0.3, -0.25) is 0 Å². The summed E-state index contributed by atoms with van der Waals surface area (Å²) in [6.07, 6.45) is -1.04. The van der Waals surface area contributed by atoms with Crippen LogP contribution < -0.4 is 5.32 Å². The van der Waals surface area contributed by atoms with Crippen molar-refractivity contribution in [3.05, 3.63) is 83.6 Å². The maximum atomic E-state index is 10.4. The second-order valence-corrected chi connectivity index (χ2v) is 6.59. The Morgan fingerprint density at radius 3 is 2.19 bits per heavy atom. The first-order valence-corrected chi connectivity index (χ1v) is 8.88. The van der Waals surface area contributed by atoms with Gasteiger partial charge in [-0.2, -0.15) is 0 Å². The number of hydrogen-bond acceptors (Lipinski definition) is 4. The highest BCUT2D eigenvalue weighted by atomic mass is 16.3. The molecule has 0 amide bonds. The summed E-state index contributed by atoms with van der Waals surface area (Å²) >= 11 is 0. The summed E-state index contributed by atoms with van der Waals surface area (Å²) in [5.74, 6) is 1.60. The van der Waals surface area contributed by atoms with Crippen LogP contribution in [-0.4, -0.2) is 16.3 Å². The van der Waals surface area contributed by atoms with Gasteiger partial charge >= 0.3 is 0 Å². The highest BCUT2D eigenvalue weighted by Crippen LogP contribution is 2.24. The van der Waals surface area contributed by atoms with Gasteiger partial charge in [0, 0.05) is 11.6 Å². The number of aliphatic hydroxyl groups is 2. The van der Waals surface area contributed by atoms with Gasteiger partial charge in [-0.1, -0.05) is 54.6 Å². The van der Waals surface area contributed by atoms with Crippen LogP contribution in [0.2, 0.25) is 0 Å². The van der Waals surface area contributed by atoms with Crippen LogP contribution in [-0.2, 0) is 6.54 Å². The second-order valence-electron chi connectivity index (χ2n) is 6.59. The molecule has 0 aliphatic carbocycles. The lowest BCUT2D eigenvalue weighted by atomic mass is 10.0. The fourth-order valence-corrected chi connectivity index (χ4v) is 2.87. The molecule has 0 fully saturated rings. The van der Waals surface area contributed by atoms with Gasteiger partial charge in [0.25, 0.3) is 0 Å². The Bertz CT molecular complexity index is 809. The van der Waals surface area contributed by atoms with Gasteiger partial charge in [-0.15, -0.1) is 0 Å². The Hall–Kier alpha value is -2.40. The number of hydrogen-bond donors (Lipinski definition) is 3. The maximum absolute atomic E-state index is 10.4. The molecular weight excluding hydrogens is 326 g/mol. The number of furan rings is 1. The molecule has 136 valence electrons. The Morgan fingerprint density at radius 1 is 0.846 bits per heavy atom. The average molecular weight is 351 g/mol. The third-order valence-corrected chi connectivity index (χ3v) is 4.55. The summed E-state index contributed by atoms with van der Waals surface area (Å²) in [6, 6.07) is 21.1. The number of aliphatic hydroxyl groups excluding tert-OH is 2. The summed E-state index contributed by atoms with van der Waals surface area (Å²) in [7, 11) is 0. The van der Waals surface area contributed by atoms with Crippen molar-refractivity contribution in [2.45, 2.75) is 38.6 Å². The molecule has 3 atom stereocenters. The Balaban J connectivity index is 1.60. The van der Waals surface area contributed by atoms with Gasteiger partial charge in [-0.25, -0.2) is 0 Å². The third kappa shape index (κ3) is 4.41. The number of nitrogens with one attached hydrogen (secondary N) is 1. The van der Waals surface area contributed by atoms with Gasteiger partial charge in [0.2, 0.25) is 0 Å². The van der Waals surface area contributed by atoms with Crippen LogP contribution in [0.25, 0.3) is 11.3 Å². The van der Waals surface area contributed by atoms with Crippen LogP contribution in [0.1, 0.15) is 42.9 Å². The quantitative estimate of drug-likeness (QED) is 0.596. The molecule has 3 rings (SSSR count). The van der Waals surface area contributed by atoms with E-state index in [1.54, 1.807) is 6.92 Å². The van der Waals surface area contributed by atoms with Gasteiger partial charge in [0.05, 0.1) is 18.8 Å². The lowest BCUT2D eigenvalue weighted by molar-refractivity contribution is 0.134. The summed E-state index contributed by atoms with van der Waals surface area (Å²) in [4.78, 5) is 0. The van der Waals surface area contributed by atoms with Crippen LogP contribution in [0.3, 0.4) is 0 Å². The first kappa shape index (κ1) is 18.4. The maximum Gasteiger partial charge on any atom is 0.134 e. The van der Waals surface area contributed by atoms with Crippen molar-refractivity contribution >= 4 is 0 Å². The topological polar surface area (TPSA) is 65.6 Å². The van der Waals surface area contributed by atoms with E-state index in [0.29, 0.717) is 6.54 Å². The molecular formula is C22H25NO3.